The molecule has 1 aromatic heterocycles. The van der Waals surface area contributed by atoms with Crippen LogP contribution in [0.25, 0.3) is 10.1 Å². The van der Waals surface area contributed by atoms with E-state index < -0.39 is 0 Å². The molecule has 0 fully saturated rings. The van der Waals surface area contributed by atoms with E-state index in [1.54, 1.807) is 0 Å². The number of hydrogen-bond donors (Lipinski definition) is 1. The highest BCUT2D eigenvalue weighted by atomic mass is 32.2. The van der Waals surface area contributed by atoms with Crippen molar-refractivity contribution in [3.8, 4) is 0 Å². The fourth-order valence-electron chi connectivity index (χ4n) is 2.07. The van der Waals surface area contributed by atoms with E-state index in [0.717, 1.165) is 0 Å². The van der Waals surface area contributed by atoms with Gasteiger partial charge >= 0.3 is 0 Å². The monoisotopic (exact) mass is 279 g/mol. The average molecular weight is 279 g/mol. The van der Waals surface area contributed by atoms with Crippen molar-refractivity contribution in [2.45, 2.75) is 32.9 Å². The van der Waals surface area contributed by atoms with E-state index >= 15 is 0 Å². The molecular weight excluding hydrogens is 258 g/mol. The minimum Gasteiger partial charge on any atom is -0.306 e. The molecule has 0 aliphatic heterocycles. The zero-order chi connectivity index (χ0) is 13.0. The third-order valence-corrected chi connectivity index (χ3v) is 5.42. The van der Waals surface area contributed by atoms with Crippen molar-refractivity contribution in [2.75, 3.05) is 11.5 Å². The van der Waals surface area contributed by atoms with Gasteiger partial charge in [-0.25, -0.2) is 0 Å². The second kappa shape index (κ2) is 6.60. The van der Waals surface area contributed by atoms with Gasteiger partial charge in [-0.2, -0.15) is 11.8 Å². The maximum absolute atomic E-state index is 3.68. The Morgan fingerprint density at radius 2 is 2.06 bits per heavy atom. The van der Waals surface area contributed by atoms with Crippen molar-refractivity contribution in [1.29, 1.82) is 0 Å². The Bertz CT molecular complexity index is 459. The summed E-state index contributed by atoms with van der Waals surface area (Å²) >= 11 is 3.90. The van der Waals surface area contributed by atoms with E-state index in [1.807, 2.05) is 23.1 Å². The molecule has 2 atom stereocenters. The van der Waals surface area contributed by atoms with Crippen LogP contribution in [0, 0.1) is 0 Å². The fourth-order valence-corrected chi connectivity index (χ4v) is 3.83. The third kappa shape index (κ3) is 3.50. The van der Waals surface area contributed by atoms with Crippen LogP contribution in [0.2, 0.25) is 0 Å². The lowest BCUT2D eigenvalue weighted by molar-refractivity contribution is 0.517. The third-order valence-electron chi connectivity index (χ3n) is 2.98. The van der Waals surface area contributed by atoms with Gasteiger partial charge < -0.3 is 5.32 Å². The molecule has 0 saturated heterocycles. The van der Waals surface area contributed by atoms with Crippen molar-refractivity contribution in [3.63, 3.8) is 0 Å². The Morgan fingerprint density at radius 3 is 2.78 bits per heavy atom. The van der Waals surface area contributed by atoms with Gasteiger partial charge in [0.15, 0.2) is 0 Å². The zero-order valence-electron chi connectivity index (χ0n) is 11.3. The molecule has 1 heterocycles. The van der Waals surface area contributed by atoms with Crippen LogP contribution in [0.3, 0.4) is 0 Å². The fraction of sp³-hybridized carbons (Fsp3) is 0.467. The number of hydrogen-bond acceptors (Lipinski definition) is 3. The number of nitrogens with one attached hydrogen (secondary N) is 1. The summed E-state index contributed by atoms with van der Waals surface area (Å²) in [6, 6.07) is 11.9. The van der Waals surface area contributed by atoms with Crippen molar-refractivity contribution in [2.24, 2.45) is 0 Å². The molecule has 1 nitrogen and oxygen atoms in total. The van der Waals surface area contributed by atoms with E-state index in [9.17, 15) is 0 Å². The number of thiophene rings is 1. The van der Waals surface area contributed by atoms with Gasteiger partial charge in [0.2, 0.25) is 0 Å². The van der Waals surface area contributed by atoms with E-state index in [-0.39, 0.29) is 0 Å². The van der Waals surface area contributed by atoms with Crippen molar-refractivity contribution < 1.29 is 0 Å². The summed E-state index contributed by atoms with van der Waals surface area (Å²) < 4.78 is 1.39. The molecule has 2 aromatic rings. The molecule has 2 unspecified atom stereocenters. The van der Waals surface area contributed by atoms with Crippen molar-refractivity contribution >= 4 is 33.2 Å². The molecule has 1 N–H and O–H groups in total. The smallest absolute Gasteiger partial charge is 0.0388 e. The molecule has 18 heavy (non-hydrogen) atoms. The van der Waals surface area contributed by atoms with Gasteiger partial charge in [0.25, 0.3) is 0 Å². The van der Waals surface area contributed by atoms with E-state index in [2.05, 4.69) is 56.4 Å². The molecule has 0 saturated carbocycles. The van der Waals surface area contributed by atoms with Crippen LogP contribution in [0.4, 0.5) is 0 Å². The summed E-state index contributed by atoms with van der Waals surface area (Å²) in [5.74, 6) is 2.38. The molecular formula is C15H21NS2. The maximum Gasteiger partial charge on any atom is 0.0388 e. The minimum absolute atomic E-state index is 0.440. The highest BCUT2D eigenvalue weighted by Crippen LogP contribution is 2.29. The van der Waals surface area contributed by atoms with Gasteiger partial charge in [0.05, 0.1) is 0 Å². The van der Waals surface area contributed by atoms with E-state index in [4.69, 9.17) is 0 Å². The van der Waals surface area contributed by atoms with Crippen LogP contribution in [0.5, 0.6) is 0 Å². The molecule has 98 valence electrons. The Morgan fingerprint density at radius 1 is 1.28 bits per heavy atom. The largest absolute Gasteiger partial charge is 0.306 e. The number of thioether (sulfide) groups is 1. The SMILES string of the molecule is CCSCC(C)NC(C)c1cc2ccccc2s1. The molecule has 0 aliphatic rings. The molecule has 0 radical (unpaired) electrons. The lowest BCUT2D eigenvalue weighted by Gasteiger charge is -2.18. The topological polar surface area (TPSA) is 12.0 Å². The van der Waals surface area contributed by atoms with Crippen LogP contribution in [0.1, 0.15) is 31.7 Å². The first kappa shape index (κ1) is 13.9. The highest BCUT2D eigenvalue weighted by Gasteiger charge is 2.12. The Labute approximate surface area is 118 Å². The predicted molar refractivity (Wildman–Crippen MR) is 85.8 cm³/mol. The lowest BCUT2D eigenvalue weighted by atomic mass is 10.2. The zero-order valence-corrected chi connectivity index (χ0v) is 12.9. The summed E-state index contributed by atoms with van der Waals surface area (Å²) in [6.45, 7) is 6.75. The summed E-state index contributed by atoms with van der Waals surface area (Å²) in [6.07, 6.45) is 0. The molecule has 1 aromatic carbocycles. The van der Waals surface area contributed by atoms with Crippen molar-refractivity contribution in [1.82, 2.24) is 5.32 Å². The van der Waals surface area contributed by atoms with Gasteiger partial charge in [-0.3, -0.25) is 0 Å². The Hall–Kier alpha value is -0.510. The second-order valence-corrected chi connectivity index (χ2v) is 7.07. The van der Waals surface area contributed by atoms with Crippen LogP contribution in [0.15, 0.2) is 30.3 Å². The Balaban J connectivity index is 2.01. The van der Waals surface area contributed by atoms with Crippen LogP contribution in [-0.2, 0) is 0 Å². The molecule has 0 bridgehead atoms. The number of rotatable bonds is 6. The summed E-state index contributed by atoms with van der Waals surface area (Å²) in [4.78, 5) is 1.43. The molecule has 0 spiro atoms. The normalized spacial score (nSPS) is 14.8. The van der Waals surface area contributed by atoms with E-state index in [1.165, 1.54) is 26.5 Å². The predicted octanol–water partition coefficient (Wildman–Crippen LogP) is 4.69. The van der Waals surface area contributed by atoms with Gasteiger partial charge in [0.1, 0.15) is 0 Å². The quantitative estimate of drug-likeness (QED) is 0.823. The number of fused-ring (bicyclic) bond motifs is 1. The van der Waals surface area contributed by atoms with Gasteiger partial charge in [-0.1, -0.05) is 25.1 Å². The van der Waals surface area contributed by atoms with E-state index in [0.29, 0.717) is 12.1 Å². The van der Waals surface area contributed by atoms with Gasteiger partial charge in [0, 0.05) is 27.4 Å². The van der Waals surface area contributed by atoms with Crippen LogP contribution < -0.4 is 5.32 Å². The van der Waals surface area contributed by atoms with Gasteiger partial charge in [-0.05, 0) is 37.1 Å². The molecule has 0 aliphatic carbocycles. The molecule has 0 amide bonds. The maximum atomic E-state index is 3.68. The first-order valence-corrected chi connectivity index (χ1v) is 8.50. The van der Waals surface area contributed by atoms with Crippen LogP contribution >= 0.6 is 23.1 Å². The minimum atomic E-state index is 0.440. The first-order chi connectivity index (χ1) is 8.70. The average Bonchev–Trinajstić information content (AvgIpc) is 2.80. The molecule has 3 heteroatoms. The molecule has 2 rings (SSSR count). The first-order valence-electron chi connectivity index (χ1n) is 6.53. The highest BCUT2D eigenvalue weighted by molar-refractivity contribution is 7.99. The summed E-state index contributed by atoms with van der Waals surface area (Å²) in [5.41, 5.74) is 0. The number of benzene rings is 1. The van der Waals surface area contributed by atoms with Crippen LogP contribution in [-0.4, -0.2) is 17.5 Å². The van der Waals surface area contributed by atoms with Crippen molar-refractivity contribution in [3.05, 3.63) is 35.2 Å². The Kier molecular flexibility index (Phi) is 5.10. The second-order valence-electron chi connectivity index (χ2n) is 4.64. The van der Waals surface area contributed by atoms with Gasteiger partial charge in [-0.15, -0.1) is 11.3 Å². The standard InChI is InChI=1S/C15H21NS2/c1-4-17-10-11(2)16-12(3)15-9-13-7-5-6-8-14(13)18-15/h5-9,11-12,16H,4,10H2,1-3H3. The lowest BCUT2D eigenvalue weighted by Crippen LogP contribution is -2.30. The summed E-state index contributed by atoms with van der Waals surface area (Å²) in [7, 11) is 0. The summed E-state index contributed by atoms with van der Waals surface area (Å²) in [5, 5.41) is 5.04.